The van der Waals surface area contributed by atoms with E-state index in [9.17, 15) is 19.4 Å². The van der Waals surface area contributed by atoms with Gasteiger partial charge in [0.25, 0.3) is 0 Å². The lowest BCUT2D eigenvalue weighted by atomic mass is 10.0. The van der Waals surface area contributed by atoms with Crippen LogP contribution in [0.15, 0.2) is 0 Å². The number of unbranched alkanes of at least 4 members (excludes halogenated alkanes) is 24. The van der Waals surface area contributed by atoms with Crippen molar-refractivity contribution in [2.24, 2.45) is 0 Å². The third-order valence-electron chi connectivity index (χ3n) is 9.36. The molecule has 0 bridgehead atoms. The molecule has 0 aliphatic carbocycles. The Morgan fingerprint density at radius 3 is 1.40 bits per heavy atom. The van der Waals surface area contributed by atoms with Gasteiger partial charge in [-0.3, -0.25) is 13.8 Å². The maximum Gasteiger partial charge on any atom is 0.472 e. The van der Waals surface area contributed by atoms with Crippen LogP contribution in [0, 0.1) is 0 Å². The molecule has 9 heteroatoms. The summed E-state index contributed by atoms with van der Waals surface area (Å²) in [5.74, 6) is -0.144. The van der Waals surface area contributed by atoms with E-state index in [1.165, 1.54) is 128 Å². The van der Waals surface area contributed by atoms with Gasteiger partial charge in [0.1, 0.15) is 13.2 Å². The van der Waals surface area contributed by atoms with Crippen molar-refractivity contribution in [2.75, 3.05) is 40.9 Å². The summed E-state index contributed by atoms with van der Waals surface area (Å²) in [6.45, 7) is 4.88. The Hall–Kier alpha value is -0.500. The summed E-state index contributed by atoms with van der Waals surface area (Å²) in [6, 6.07) is -0.750. The Bertz CT molecular complexity index is 763. The first-order chi connectivity index (χ1) is 23.0. The second kappa shape index (κ2) is 32.4. The van der Waals surface area contributed by atoms with Gasteiger partial charge in [0.05, 0.1) is 39.9 Å². The quantitative estimate of drug-likeness (QED) is 0.0338. The van der Waals surface area contributed by atoms with Crippen molar-refractivity contribution < 1.29 is 32.9 Å². The Morgan fingerprint density at radius 1 is 0.625 bits per heavy atom. The van der Waals surface area contributed by atoms with Gasteiger partial charge < -0.3 is 19.8 Å². The van der Waals surface area contributed by atoms with Crippen LogP contribution >= 0.6 is 7.82 Å². The van der Waals surface area contributed by atoms with Gasteiger partial charge in [-0.1, -0.05) is 174 Å². The van der Waals surface area contributed by atoms with Crippen LogP contribution in [-0.4, -0.2) is 73.4 Å². The normalized spacial score (nSPS) is 14.6. The topological polar surface area (TPSA) is 105 Å². The number of hydrogen-bond donors (Lipinski definition) is 3. The van der Waals surface area contributed by atoms with Gasteiger partial charge in [-0.2, -0.15) is 0 Å². The maximum atomic E-state index is 12.8. The number of amides is 1. The van der Waals surface area contributed by atoms with E-state index in [0.717, 1.165) is 38.5 Å². The van der Waals surface area contributed by atoms with Crippen molar-refractivity contribution in [2.45, 2.75) is 206 Å². The van der Waals surface area contributed by atoms with Gasteiger partial charge in [0, 0.05) is 6.42 Å². The van der Waals surface area contributed by atoms with E-state index in [-0.39, 0.29) is 19.1 Å². The molecule has 0 aromatic carbocycles. The number of nitrogens with zero attached hydrogens (tertiary/aromatic N) is 1. The number of nitrogens with one attached hydrogen (secondary N) is 1. The predicted octanol–water partition coefficient (Wildman–Crippen LogP) is 10.6. The first-order valence-electron chi connectivity index (χ1n) is 20.4. The van der Waals surface area contributed by atoms with Crippen LogP contribution in [0.5, 0.6) is 0 Å². The molecule has 0 aromatic heterocycles. The van der Waals surface area contributed by atoms with E-state index < -0.39 is 20.0 Å². The maximum absolute atomic E-state index is 12.8. The predicted molar refractivity (Wildman–Crippen MR) is 203 cm³/mol. The average Bonchev–Trinajstić information content (AvgIpc) is 3.02. The summed E-state index contributed by atoms with van der Waals surface area (Å²) < 4.78 is 23.5. The van der Waals surface area contributed by atoms with Gasteiger partial charge in [-0.15, -0.1) is 0 Å². The highest BCUT2D eigenvalue weighted by molar-refractivity contribution is 7.47. The van der Waals surface area contributed by atoms with E-state index in [2.05, 4.69) is 19.2 Å². The summed E-state index contributed by atoms with van der Waals surface area (Å²) in [6.07, 6.45) is 32.6. The minimum Gasteiger partial charge on any atom is -0.391 e. The number of carbonyl (C=O) groups excluding carboxylic acids is 1. The van der Waals surface area contributed by atoms with Gasteiger partial charge in [-0.25, -0.2) is 4.57 Å². The Balaban J connectivity index is 4.34. The van der Waals surface area contributed by atoms with Gasteiger partial charge in [0.2, 0.25) is 5.91 Å². The summed E-state index contributed by atoms with van der Waals surface area (Å²) >= 11 is 0. The molecule has 288 valence electrons. The molecule has 48 heavy (non-hydrogen) atoms. The summed E-state index contributed by atoms with van der Waals surface area (Å²) in [5.41, 5.74) is 0. The van der Waals surface area contributed by atoms with Crippen LogP contribution in [0.25, 0.3) is 0 Å². The van der Waals surface area contributed by atoms with Crippen molar-refractivity contribution >= 4 is 13.7 Å². The molecule has 0 fully saturated rings. The van der Waals surface area contributed by atoms with Crippen LogP contribution in [0.4, 0.5) is 0 Å². The van der Waals surface area contributed by atoms with Crippen molar-refractivity contribution in [3.05, 3.63) is 0 Å². The highest BCUT2D eigenvalue weighted by Gasteiger charge is 2.28. The molecule has 1 amide bonds. The van der Waals surface area contributed by atoms with E-state index in [1.807, 2.05) is 21.1 Å². The Labute approximate surface area is 298 Å². The zero-order valence-corrected chi connectivity index (χ0v) is 33.4. The lowest BCUT2D eigenvalue weighted by Gasteiger charge is -2.26. The fourth-order valence-corrected chi connectivity index (χ4v) is 6.78. The van der Waals surface area contributed by atoms with Crippen molar-refractivity contribution in [3.63, 3.8) is 0 Å². The molecule has 0 saturated heterocycles. The van der Waals surface area contributed by atoms with E-state index in [0.29, 0.717) is 23.9 Å². The van der Waals surface area contributed by atoms with Gasteiger partial charge in [-0.05, 0) is 12.8 Å². The van der Waals surface area contributed by atoms with Crippen LogP contribution < -0.4 is 5.32 Å². The fourth-order valence-electron chi connectivity index (χ4n) is 6.05. The molecule has 0 heterocycles. The SMILES string of the molecule is CCCCCCCCCCCCCCCCCCC(=O)N[C@@H](COP(=O)(O)OCC[N+](C)(C)C)[C@H](O)CCCCCCCCCCCC. The molecular formula is C39H82N2O6P+. The molecule has 0 saturated carbocycles. The largest absolute Gasteiger partial charge is 0.472 e. The van der Waals surface area contributed by atoms with Gasteiger partial charge in [0.15, 0.2) is 0 Å². The fraction of sp³-hybridized carbons (Fsp3) is 0.974. The summed E-state index contributed by atoms with van der Waals surface area (Å²) in [4.78, 5) is 23.0. The third kappa shape index (κ3) is 34.0. The molecule has 0 aliphatic rings. The number of rotatable bonds is 37. The lowest BCUT2D eigenvalue weighted by molar-refractivity contribution is -0.870. The summed E-state index contributed by atoms with van der Waals surface area (Å²) in [5, 5.41) is 13.9. The smallest absolute Gasteiger partial charge is 0.391 e. The molecular weight excluding hydrogens is 623 g/mol. The molecule has 0 radical (unpaired) electrons. The first kappa shape index (κ1) is 47.5. The van der Waals surface area contributed by atoms with Crippen LogP contribution in [0.2, 0.25) is 0 Å². The monoisotopic (exact) mass is 706 g/mol. The number of quaternary nitrogens is 1. The average molecular weight is 706 g/mol. The highest BCUT2D eigenvalue weighted by Crippen LogP contribution is 2.43. The highest BCUT2D eigenvalue weighted by atomic mass is 31.2. The molecule has 1 unspecified atom stereocenters. The standard InChI is InChI=1S/C39H81N2O6P/c1-6-8-10-12-14-16-18-19-20-21-22-23-25-27-29-31-33-39(43)40-37(36-47-48(44,45)46-35-34-41(3,4)5)38(42)32-30-28-26-24-17-15-13-11-9-7-2/h37-38,42H,6-36H2,1-5H3,(H-,40,43,44,45)/p+1/t37-,38+/m0/s1. The Kier molecular flexibility index (Phi) is 32.1. The van der Waals surface area contributed by atoms with Crippen LogP contribution in [0.3, 0.4) is 0 Å². The second-order valence-corrected chi connectivity index (χ2v) is 16.8. The molecule has 0 spiro atoms. The number of carbonyl (C=O) groups is 1. The number of aliphatic hydroxyl groups excluding tert-OH is 1. The zero-order valence-electron chi connectivity index (χ0n) is 32.5. The number of aliphatic hydroxyl groups is 1. The number of phosphoric ester groups is 1. The van der Waals surface area contributed by atoms with Crippen LogP contribution in [0.1, 0.15) is 194 Å². The number of likely N-dealkylation sites (N-methyl/N-ethyl adjacent to an activating group) is 1. The summed E-state index contributed by atoms with van der Waals surface area (Å²) in [7, 11) is 1.62. The molecule has 0 aromatic rings. The van der Waals surface area contributed by atoms with Crippen molar-refractivity contribution in [1.82, 2.24) is 5.32 Å². The second-order valence-electron chi connectivity index (χ2n) is 15.4. The van der Waals surface area contributed by atoms with E-state index in [1.54, 1.807) is 0 Å². The van der Waals surface area contributed by atoms with E-state index >= 15 is 0 Å². The molecule has 0 aliphatic heterocycles. The van der Waals surface area contributed by atoms with E-state index in [4.69, 9.17) is 9.05 Å². The van der Waals surface area contributed by atoms with Crippen molar-refractivity contribution in [3.8, 4) is 0 Å². The van der Waals surface area contributed by atoms with Crippen molar-refractivity contribution in [1.29, 1.82) is 0 Å². The third-order valence-corrected chi connectivity index (χ3v) is 10.3. The molecule has 3 N–H and O–H groups in total. The molecule has 8 nitrogen and oxygen atoms in total. The molecule has 3 atom stereocenters. The Morgan fingerprint density at radius 2 is 1.00 bits per heavy atom. The minimum atomic E-state index is -4.30. The number of hydrogen-bond acceptors (Lipinski definition) is 5. The molecule has 0 rings (SSSR count). The van der Waals surface area contributed by atoms with Crippen LogP contribution in [-0.2, 0) is 18.4 Å². The zero-order chi connectivity index (χ0) is 35.8. The van der Waals surface area contributed by atoms with Gasteiger partial charge >= 0.3 is 7.82 Å². The lowest BCUT2D eigenvalue weighted by Crippen LogP contribution is -2.46. The number of phosphoric acid groups is 1. The first-order valence-corrected chi connectivity index (χ1v) is 21.9. The minimum absolute atomic E-state index is 0.0781.